The number of hydrogen-bond donors (Lipinski definition) is 2. The van der Waals surface area contributed by atoms with Crippen LogP contribution >= 0.6 is 27.3 Å². The molecule has 0 radical (unpaired) electrons. The van der Waals surface area contributed by atoms with Crippen LogP contribution in [0.4, 0.5) is 4.79 Å². The molecule has 2 unspecified atom stereocenters. The van der Waals surface area contributed by atoms with E-state index in [0.717, 1.165) is 9.35 Å². The summed E-state index contributed by atoms with van der Waals surface area (Å²) in [6.45, 7) is 2.74. The Kier molecular flexibility index (Phi) is 4.46. The van der Waals surface area contributed by atoms with Gasteiger partial charge in [0.05, 0.1) is 12.5 Å². The molecule has 2 rings (SSSR count). The van der Waals surface area contributed by atoms with Gasteiger partial charge in [-0.1, -0.05) is 0 Å². The third kappa shape index (κ3) is 3.09. The fraction of sp³-hybridized carbons (Fsp3) is 0.500. The first kappa shape index (κ1) is 14.3. The zero-order valence-corrected chi connectivity index (χ0v) is 12.8. The van der Waals surface area contributed by atoms with Crippen molar-refractivity contribution < 1.29 is 14.7 Å². The molecule has 0 spiro atoms. The molecule has 5 nitrogen and oxygen atoms in total. The van der Waals surface area contributed by atoms with E-state index in [1.807, 2.05) is 11.4 Å². The minimum Gasteiger partial charge on any atom is -0.481 e. The van der Waals surface area contributed by atoms with E-state index in [1.165, 1.54) is 0 Å². The van der Waals surface area contributed by atoms with Gasteiger partial charge < -0.3 is 15.3 Å². The van der Waals surface area contributed by atoms with E-state index >= 15 is 0 Å². The van der Waals surface area contributed by atoms with Gasteiger partial charge in [-0.2, -0.15) is 0 Å². The molecule has 1 aliphatic heterocycles. The highest BCUT2D eigenvalue weighted by atomic mass is 79.9. The SMILES string of the molecule is CC1C(C(=O)O)CCN1C(=O)NCc1sccc1Br. The van der Waals surface area contributed by atoms with Gasteiger partial charge in [0.25, 0.3) is 0 Å². The lowest BCUT2D eigenvalue weighted by Gasteiger charge is -2.23. The predicted molar refractivity (Wildman–Crippen MR) is 76.2 cm³/mol. The van der Waals surface area contributed by atoms with Gasteiger partial charge in [0.2, 0.25) is 0 Å². The number of thiophene rings is 1. The lowest BCUT2D eigenvalue weighted by atomic mass is 10.0. The number of carboxylic acids is 1. The molecule has 0 bridgehead atoms. The molecule has 2 atom stereocenters. The summed E-state index contributed by atoms with van der Waals surface area (Å²) >= 11 is 4.97. The molecule has 1 fully saturated rings. The number of halogens is 1. The van der Waals surface area contributed by atoms with Crippen LogP contribution in [0.25, 0.3) is 0 Å². The average molecular weight is 347 g/mol. The fourth-order valence-corrected chi connectivity index (χ4v) is 3.70. The van der Waals surface area contributed by atoms with Crippen molar-refractivity contribution in [1.82, 2.24) is 10.2 Å². The first-order valence-electron chi connectivity index (χ1n) is 6.00. The summed E-state index contributed by atoms with van der Waals surface area (Å²) < 4.78 is 0.982. The summed E-state index contributed by atoms with van der Waals surface area (Å²) in [5.41, 5.74) is 0. The van der Waals surface area contributed by atoms with Crippen LogP contribution in [-0.4, -0.2) is 34.6 Å². The van der Waals surface area contributed by atoms with Crippen molar-refractivity contribution >= 4 is 39.3 Å². The summed E-state index contributed by atoms with van der Waals surface area (Å²) in [7, 11) is 0. The Hall–Kier alpha value is -1.08. The molecule has 0 saturated carbocycles. The highest BCUT2D eigenvalue weighted by Gasteiger charge is 2.37. The maximum Gasteiger partial charge on any atom is 0.317 e. The molecule has 2 N–H and O–H groups in total. The number of nitrogens with one attached hydrogen (secondary N) is 1. The van der Waals surface area contributed by atoms with Crippen LogP contribution in [0.15, 0.2) is 15.9 Å². The maximum absolute atomic E-state index is 12.0. The third-order valence-corrected chi connectivity index (χ3v) is 5.35. The Balaban J connectivity index is 1.91. The number of urea groups is 1. The molecule has 2 heterocycles. The number of nitrogens with zero attached hydrogens (tertiary/aromatic N) is 1. The molecular weight excluding hydrogens is 332 g/mol. The standard InChI is InChI=1S/C12H15BrN2O3S/c1-7-8(11(16)17)2-4-15(7)12(18)14-6-10-9(13)3-5-19-10/h3,5,7-8H,2,4,6H2,1H3,(H,14,18)(H,16,17). The molecule has 1 aromatic heterocycles. The van der Waals surface area contributed by atoms with Crippen molar-refractivity contribution in [2.75, 3.05) is 6.54 Å². The lowest BCUT2D eigenvalue weighted by Crippen LogP contribution is -2.43. The molecule has 104 valence electrons. The number of amides is 2. The van der Waals surface area contributed by atoms with Crippen molar-refractivity contribution in [2.45, 2.75) is 25.9 Å². The quantitative estimate of drug-likeness (QED) is 0.883. The molecule has 0 aliphatic carbocycles. The normalized spacial score (nSPS) is 22.5. The van der Waals surface area contributed by atoms with Gasteiger partial charge in [-0.25, -0.2) is 4.79 Å². The minimum absolute atomic E-state index is 0.198. The van der Waals surface area contributed by atoms with Gasteiger partial charge in [0.1, 0.15) is 0 Å². The predicted octanol–water partition coefficient (Wildman–Crippen LogP) is 2.52. The number of likely N-dealkylation sites (tertiary alicyclic amines) is 1. The van der Waals surface area contributed by atoms with E-state index in [9.17, 15) is 9.59 Å². The van der Waals surface area contributed by atoms with Crippen LogP contribution in [0.1, 0.15) is 18.2 Å². The zero-order chi connectivity index (χ0) is 14.0. The van der Waals surface area contributed by atoms with Gasteiger partial charge in [-0.05, 0) is 40.7 Å². The Labute approximate surface area is 123 Å². The third-order valence-electron chi connectivity index (χ3n) is 3.42. The van der Waals surface area contributed by atoms with E-state index in [2.05, 4.69) is 21.2 Å². The molecule has 1 aliphatic rings. The highest BCUT2D eigenvalue weighted by molar-refractivity contribution is 9.10. The summed E-state index contributed by atoms with van der Waals surface area (Å²) in [4.78, 5) is 25.7. The molecular formula is C12H15BrN2O3S. The molecule has 0 aromatic carbocycles. The van der Waals surface area contributed by atoms with Gasteiger partial charge in [0.15, 0.2) is 0 Å². The van der Waals surface area contributed by atoms with Crippen molar-refractivity contribution in [3.05, 3.63) is 20.8 Å². The first-order valence-corrected chi connectivity index (χ1v) is 7.67. The second kappa shape index (κ2) is 5.92. The maximum atomic E-state index is 12.0. The lowest BCUT2D eigenvalue weighted by molar-refractivity contribution is -0.142. The first-order chi connectivity index (χ1) is 9.00. The number of rotatable bonds is 3. The summed E-state index contributed by atoms with van der Waals surface area (Å²) in [5, 5.41) is 13.8. The summed E-state index contributed by atoms with van der Waals surface area (Å²) in [6, 6.07) is 1.48. The van der Waals surface area contributed by atoms with Crippen LogP contribution < -0.4 is 5.32 Å². The molecule has 7 heteroatoms. The topological polar surface area (TPSA) is 69.6 Å². The van der Waals surface area contributed by atoms with Crippen molar-refractivity contribution in [3.8, 4) is 0 Å². The molecule has 19 heavy (non-hydrogen) atoms. The summed E-state index contributed by atoms with van der Waals surface area (Å²) in [5.74, 6) is -1.29. The number of carboxylic acid groups (broad SMARTS) is 1. The van der Waals surface area contributed by atoms with Gasteiger partial charge in [-0.3, -0.25) is 4.79 Å². The number of carbonyl (C=O) groups is 2. The van der Waals surface area contributed by atoms with E-state index in [-0.39, 0.29) is 12.1 Å². The molecule has 2 amide bonds. The average Bonchev–Trinajstić information content (AvgIpc) is 2.92. The Morgan fingerprint density at radius 3 is 2.89 bits per heavy atom. The van der Waals surface area contributed by atoms with Crippen molar-refractivity contribution in [1.29, 1.82) is 0 Å². The van der Waals surface area contributed by atoms with Crippen LogP contribution in [-0.2, 0) is 11.3 Å². The smallest absolute Gasteiger partial charge is 0.317 e. The van der Waals surface area contributed by atoms with Crippen LogP contribution in [0.5, 0.6) is 0 Å². The second-order valence-corrected chi connectivity index (χ2v) is 6.37. The van der Waals surface area contributed by atoms with Gasteiger partial charge in [-0.15, -0.1) is 11.3 Å². The zero-order valence-electron chi connectivity index (χ0n) is 10.4. The van der Waals surface area contributed by atoms with Crippen LogP contribution in [0, 0.1) is 5.92 Å². The Morgan fingerprint density at radius 2 is 2.37 bits per heavy atom. The highest BCUT2D eigenvalue weighted by Crippen LogP contribution is 2.25. The molecule has 1 aromatic rings. The number of hydrogen-bond acceptors (Lipinski definition) is 3. The number of aliphatic carboxylic acids is 1. The van der Waals surface area contributed by atoms with Crippen molar-refractivity contribution in [2.24, 2.45) is 5.92 Å². The van der Waals surface area contributed by atoms with Crippen LogP contribution in [0.3, 0.4) is 0 Å². The van der Waals surface area contributed by atoms with Gasteiger partial charge in [0, 0.05) is 21.9 Å². The second-order valence-electron chi connectivity index (χ2n) is 4.52. The Bertz CT molecular complexity index is 491. The number of carbonyl (C=O) groups excluding carboxylic acids is 1. The monoisotopic (exact) mass is 346 g/mol. The largest absolute Gasteiger partial charge is 0.481 e. The van der Waals surface area contributed by atoms with Crippen LogP contribution in [0.2, 0.25) is 0 Å². The van der Waals surface area contributed by atoms with E-state index in [4.69, 9.17) is 5.11 Å². The van der Waals surface area contributed by atoms with E-state index in [1.54, 1.807) is 23.2 Å². The van der Waals surface area contributed by atoms with E-state index < -0.39 is 11.9 Å². The van der Waals surface area contributed by atoms with E-state index in [0.29, 0.717) is 19.5 Å². The van der Waals surface area contributed by atoms with Gasteiger partial charge >= 0.3 is 12.0 Å². The fourth-order valence-electron chi connectivity index (χ4n) is 2.27. The molecule has 1 saturated heterocycles. The minimum atomic E-state index is -0.830. The Morgan fingerprint density at radius 1 is 1.63 bits per heavy atom. The van der Waals surface area contributed by atoms with Crippen molar-refractivity contribution in [3.63, 3.8) is 0 Å². The summed E-state index contributed by atoms with van der Waals surface area (Å²) in [6.07, 6.45) is 0.520.